The highest BCUT2D eigenvalue weighted by molar-refractivity contribution is 5.79. The molecule has 0 saturated carbocycles. The van der Waals surface area contributed by atoms with Crippen molar-refractivity contribution in [3.05, 3.63) is 33.9 Å². The van der Waals surface area contributed by atoms with E-state index in [9.17, 15) is 14.9 Å². The molecule has 1 saturated heterocycles. The van der Waals surface area contributed by atoms with E-state index in [0.717, 1.165) is 19.6 Å². The Morgan fingerprint density at radius 2 is 2.10 bits per heavy atom. The van der Waals surface area contributed by atoms with Crippen LogP contribution < -0.4 is 5.32 Å². The van der Waals surface area contributed by atoms with Gasteiger partial charge in [0.25, 0.3) is 5.69 Å². The van der Waals surface area contributed by atoms with Crippen molar-refractivity contribution in [2.45, 2.75) is 32.2 Å². The van der Waals surface area contributed by atoms with E-state index in [0.29, 0.717) is 17.5 Å². The Kier molecular flexibility index (Phi) is 5.27. The standard InChI is InChI=1S/C15H21N3O3/c1-12(10-17-7-3-2-4-8-17)16-14-6-5-13(11-19)9-15(14)18(20)21/h5-6,9,11-12,16H,2-4,7-8,10H2,1H3. The molecule has 1 fully saturated rings. The highest BCUT2D eigenvalue weighted by atomic mass is 16.6. The first kappa shape index (κ1) is 15.4. The molecule has 0 radical (unpaired) electrons. The molecule has 21 heavy (non-hydrogen) atoms. The Hall–Kier alpha value is -1.95. The Bertz CT molecular complexity index is 513. The molecule has 0 amide bonds. The topological polar surface area (TPSA) is 75.5 Å². The van der Waals surface area contributed by atoms with Gasteiger partial charge in [-0.2, -0.15) is 0 Å². The fourth-order valence-electron chi connectivity index (χ4n) is 2.74. The van der Waals surface area contributed by atoms with E-state index in [1.165, 1.54) is 25.3 Å². The van der Waals surface area contributed by atoms with Gasteiger partial charge in [0.2, 0.25) is 0 Å². The zero-order chi connectivity index (χ0) is 15.2. The van der Waals surface area contributed by atoms with E-state index in [1.807, 2.05) is 6.92 Å². The third kappa shape index (κ3) is 4.26. The average molecular weight is 291 g/mol. The number of carbonyl (C=O) groups is 1. The normalized spacial score (nSPS) is 17.2. The summed E-state index contributed by atoms with van der Waals surface area (Å²) in [5.41, 5.74) is 0.733. The number of rotatable bonds is 6. The van der Waals surface area contributed by atoms with Crippen molar-refractivity contribution in [1.29, 1.82) is 0 Å². The third-order valence-corrected chi connectivity index (χ3v) is 3.74. The molecule has 0 aromatic heterocycles. The number of nitrogens with one attached hydrogen (secondary N) is 1. The number of nitrogens with zero attached hydrogens (tertiary/aromatic N) is 2. The number of piperidine rings is 1. The minimum Gasteiger partial charge on any atom is -0.376 e. The first-order valence-electron chi connectivity index (χ1n) is 7.32. The number of nitro benzene ring substituents is 1. The molecular formula is C15H21N3O3. The van der Waals surface area contributed by atoms with Crippen LogP contribution in [0.1, 0.15) is 36.5 Å². The predicted molar refractivity (Wildman–Crippen MR) is 81.9 cm³/mol. The van der Waals surface area contributed by atoms with Gasteiger partial charge in [0.1, 0.15) is 12.0 Å². The van der Waals surface area contributed by atoms with Crippen molar-refractivity contribution in [2.75, 3.05) is 25.0 Å². The molecule has 0 spiro atoms. The van der Waals surface area contributed by atoms with Crippen molar-refractivity contribution >= 4 is 17.7 Å². The van der Waals surface area contributed by atoms with Gasteiger partial charge in [0, 0.05) is 24.2 Å². The van der Waals surface area contributed by atoms with Crippen molar-refractivity contribution in [2.24, 2.45) is 0 Å². The third-order valence-electron chi connectivity index (χ3n) is 3.74. The summed E-state index contributed by atoms with van der Waals surface area (Å²) in [6, 6.07) is 4.62. The van der Waals surface area contributed by atoms with Gasteiger partial charge < -0.3 is 10.2 Å². The van der Waals surface area contributed by atoms with Gasteiger partial charge in [-0.25, -0.2) is 0 Å². The second-order valence-electron chi connectivity index (χ2n) is 5.56. The number of carbonyl (C=O) groups excluding carboxylic acids is 1. The molecule has 6 heteroatoms. The van der Waals surface area contributed by atoms with Crippen molar-refractivity contribution in [3.63, 3.8) is 0 Å². The Morgan fingerprint density at radius 3 is 2.71 bits per heavy atom. The number of anilines is 1. The van der Waals surface area contributed by atoms with E-state index < -0.39 is 4.92 Å². The Labute approximate surface area is 124 Å². The number of aldehydes is 1. The molecule has 1 aromatic carbocycles. The van der Waals surface area contributed by atoms with E-state index in [-0.39, 0.29) is 11.7 Å². The number of likely N-dealkylation sites (tertiary alicyclic amines) is 1. The second kappa shape index (κ2) is 7.17. The second-order valence-corrected chi connectivity index (χ2v) is 5.56. The quantitative estimate of drug-likeness (QED) is 0.495. The van der Waals surface area contributed by atoms with Crippen LogP contribution in [0.2, 0.25) is 0 Å². The highest BCUT2D eigenvalue weighted by Gasteiger charge is 2.18. The molecule has 1 aliphatic heterocycles. The minimum atomic E-state index is -0.455. The van der Waals surface area contributed by atoms with Crippen LogP contribution in [0.4, 0.5) is 11.4 Å². The molecule has 0 bridgehead atoms. The maximum atomic E-state index is 11.1. The van der Waals surface area contributed by atoms with Gasteiger partial charge in [-0.3, -0.25) is 14.9 Å². The molecule has 1 unspecified atom stereocenters. The van der Waals surface area contributed by atoms with Crippen LogP contribution in [0.5, 0.6) is 0 Å². The summed E-state index contributed by atoms with van der Waals surface area (Å²) >= 11 is 0. The van der Waals surface area contributed by atoms with Crippen LogP contribution >= 0.6 is 0 Å². The van der Waals surface area contributed by atoms with Gasteiger partial charge in [0.05, 0.1) is 4.92 Å². The van der Waals surface area contributed by atoms with Crippen molar-refractivity contribution in [3.8, 4) is 0 Å². The van der Waals surface area contributed by atoms with E-state index in [4.69, 9.17) is 0 Å². The molecule has 0 aliphatic carbocycles. The Morgan fingerprint density at radius 1 is 1.38 bits per heavy atom. The van der Waals surface area contributed by atoms with E-state index >= 15 is 0 Å². The molecule has 114 valence electrons. The van der Waals surface area contributed by atoms with Crippen LogP contribution in [0.25, 0.3) is 0 Å². The smallest absolute Gasteiger partial charge is 0.293 e. The van der Waals surface area contributed by atoms with Gasteiger partial charge >= 0.3 is 0 Å². The van der Waals surface area contributed by atoms with Gasteiger partial charge in [-0.1, -0.05) is 6.42 Å². The minimum absolute atomic E-state index is 0.0508. The zero-order valence-electron chi connectivity index (χ0n) is 12.2. The summed E-state index contributed by atoms with van der Waals surface area (Å²) in [4.78, 5) is 23.8. The van der Waals surface area contributed by atoms with E-state index in [2.05, 4.69) is 10.2 Å². The molecule has 1 N–H and O–H groups in total. The molecular weight excluding hydrogens is 270 g/mol. The van der Waals surface area contributed by atoms with Crippen LogP contribution in [0, 0.1) is 10.1 Å². The number of hydrogen-bond donors (Lipinski definition) is 1. The lowest BCUT2D eigenvalue weighted by molar-refractivity contribution is -0.384. The zero-order valence-corrected chi connectivity index (χ0v) is 12.2. The molecule has 1 atom stereocenters. The highest BCUT2D eigenvalue weighted by Crippen LogP contribution is 2.26. The molecule has 2 rings (SSSR count). The fraction of sp³-hybridized carbons (Fsp3) is 0.533. The van der Waals surface area contributed by atoms with Crippen molar-refractivity contribution in [1.82, 2.24) is 4.90 Å². The SMILES string of the molecule is CC(CN1CCCCC1)Nc1ccc(C=O)cc1[N+](=O)[O-]. The van der Waals surface area contributed by atoms with Gasteiger partial charge in [-0.15, -0.1) is 0 Å². The maximum Gasteiger partial charge on any atom is 0.293 e. The van der Waals surface area contributed by atoms with Gasteiger partial charge in [0.15, 0.2) is 0 Å². The largest absolute Gasteiger partial charge is 0.376 e. The molecule has 1 aliphatic rings. The van der Waals surface area contributed by atoms with Crippen LogP contribution in [-0.2, 0) is 0 Å². The molecule has 1 aromatic rings. The monoisotopic (exact) mass is 291 g/mol. The summed E-state index contributed by atoms with van der Waals surface area (Å²) in [5, 5.41) is 14.3. The first-order valence-corrected chi connectivity index (χ1v) is 7.32. The summed E-state index contributed by atoms with van der Waals surface area (Å²) in [7, 11) is 0. The summed E-state index contributed by atoms with van der Waals surface area (Å²) in [5.74, 6) is 0. The number of benzene rings is 1. The molecule has 6 nitrogen and oxygen atoms in total. The summed E-state index contributed by atoms with van der Waals surface area (Å²) in [6.45, 7) is 5.08. The van der Waals surface area contributed by atoms with E-state index in [1.54, 1.807) is 12.1 Å². The number of hydrogen-bond acceptors (Lipinski definition) is 5. The Balaban J connectivity index is 2.03. The van der Waals surface area contributed by atoms with Gasteiger partial charge in [-0.05, 0) is 45.0 Å². The lowest BCUT2D eigenvalue weighted by Crippen LogP contribution is -2.38. The summed E-state index contributed by atoms with van der Waals surface area (Å²) < 4.78 is 0. The fourth-order valence-corrected chi connectivity index (χ4v) is 2.74. The number of nitro groups is 1. The van der Waals surface area contributed by atoms with Crippen LogP contribution in [0.3, 0.4) is 0 Å². The maximum absolute atomic E-state index is 11.1. The predicted octanol–water partition coefficient (Wildman–Crippen LogP) is 2.69. The molecule has 1 heterocycles. The first-order chi connectivity index (χ1) is 10.1. The lowest BCUT2D eigenvalue weighted by atomic mass is 10.1. The lowest BCUT2D eigenvalue weighted by Gasteiger charge is -2.29. The van der Waals surface area contributed by atoms with Crippen LogP contribution in [0.15, 0.2) is 18.2 Å². The average Bonchev–Trinajstić information content (AvgIpc) is 2.48. The van der Waals surface area contributed by atoms with Crippen molar-refractivity contribution < 1.29 is 9.72 Å². The van der Waals surface area contributed by atoms with Crippen LogP contribution in [-0.4, -0.2) is 41.8 Å². The summed E-state index contributed by atoms with van der Waals surface area (Å²) in [6.07, 6.45) is 4.35.